The van der Waals surface area contributed by atoms with Crippen molar-refractivity contribution in [3.63, 3.8) is 0 Å². The smallest absolute Gasteiger partial charge is 0.336 e. The molecule has 2 N–H and O–H groups in total. The van der Waals surface area contributed by atoms with Crippen LogP contribution in [0.3, 0.4) is 0 Å². The number of rotatable bonds is 2. The highest BCUT2D eigenvalue weighted by Gasteiger charge is 2.21. The van der Waals surface area contributed by atoms with Gasteiger partial charge in [-0.2, -0.15) is 0 Å². The molecule has 1 aromatic carbocycles. The topological polar surface area (TPSA) is 71.3 Å². The summed E-state index contributed by atoms with van der Waals surface area (Å²) >= 11 is 0. The highest BCUT2D eigenvalue weighted by Crippen LogP contribution is 2.21. The van der Waals surface area contributed by atoms with E-state index in [2.05, 4.69) is 10.6 Å². The number of anilines is 1. The van der Waals surface area contributed by atoms with E-state index in [-0.39, 0.29) is 17.6 Å². The number of aryl methyl sites for hydroxylation is 1. The van der Waals surface area contributed by atoms with E-state index in [1.807, 2.05) is 19.1 Å². The first kappa shape index (κ1) is 12.9. The second-order valence-corrected chi connectivity index (χ2v) is 5.10. The Morgan fingerprint density at radius 1 is 1.40 bits per heavy atom. The van der Waals surface area contributed by atoms with Gasteiger partial charge in [0, 0.05) is 23.2 Å². The van der Waals surface area contributed by atoms with Crippen molar-refractivity contribution in [2.45, 2.75) is 25.8 Å². The molecule has 1 aromatic heterocycles. The lowest BCUT2D eigenvalue weighted by atomic mass is 10.1. The summed E-state index contributed by atoms with van der Waals surface area (Å²) in [5.74, 6) is -0.0446. The van der Waals surface area contributed by atoms with Crippen LogP contribution in [0, 0.1) is 6.92 Å². The van der Waals surface area contributed by atoms with Crippen LogP contribution in [0.15, 0.2) is 33.5 Å². The number of carbonyl (C=O) groups excluding carboxylic acids is 1. The fraction of sp³-hybridized carbons (Fsp3) is 0.333. The summed E-state index contributed by atoms with van der Waals surface area (Å²) in [6.45, 7) is 2.74. The predicted molar refractivity (Wildman–Crippen MR) is 76.9 cm³/mol. The quantitative estimate of drug-likeness (QED) is 0.818. The molecule has 1 unspecified atom stereocenters. The Bertz CT molecular complexity index is 715. The van der Waals surface area contributed by atoms with Gasteiger partial charge in [-0.05, 0) is 44.0 Å². The molecular weight excluding hydrogens is 256 g/mol. The van der Waals surface area contributed by atoms with E-state index in [1.54, 1.807) is 6.07 Å². The third-order valence-electron chi connectivity index (χ3n) is 3.60. The number of amides is 1. The van der Waals surface area contributed by atoms with Crippen molar-refractivity contribution in [3.8, 4) is 0 Å². The standard InChI is InChI=1S/C15H16N2O3/c1-9-7-14(18)20-13-8-10(4-5-11(9)13)17-15(19)12-3-2-6-16-12/h4-5,7-8,12,16H,2-3,6H2,1H3,(H,17,19). The molecule has 1 fully saturated rings. The molecule has 5 heteroatoms. The van der Waals surface area contributed by atoms with Crippen LogP contribution in [-0.2, 0) is 4.79 Å². The summed E-state index contributed by atoms with van der Waals surface area (Å²) in [4.78, 5) is 23.4. The molecule has 0 radical (unpaired) electrons. The Morgan fingerprint density at radius 3 is 3.00 bits per heavy atom. The second kappa shape index (κ2) is 5.09. The van der Waals surface area contributed by atoms with Gasteiger partial charge < -0.3 is 15.1 Å². The highest BCUT2D eigenvalue weighted by atomic mass is 16.4. The van der Waals surface area contributed by atoms with Crippen molar-refractivity contribution in [1.29, 1.82) is 0 Å². The number of benzene rings is 1. The maximum Gasteiger partial charge on any atom is 0.336 e. The summed E-state index contributed by atoms with van der Waals surface area (Å²) < 4.78 is 5.17. The minimum atomic E-state index is -0.379. The van der Waals surface area contributed by atoms with Crippen molar-refractivity contribution in [1.82, 2.24) is 5.32 Å². The van der Waals surface area contributed by atoms with Gasteiger partial charge in [0.15, 0.2) is 0 Å². The van der Waals surface area contributed by atoms with Gasteiger partial charge in [-0.3, -0.25) is 4.79 Å². The first-order chi connectivity index (χ1) is 9.63. The SMILES string of the molecule is Cc1cc(=O)oc2cc(NC(=O)C3CCCN3)ccc12. The lowest BCUT2D eigenvalue weighted by Gasteiger charge is -2.11. The fourth-order valence-corrected chi connectivity index (χ4v) is 2.54. The number of fused-ring (bicyclic) bond motifs is 1. The zero-order valence-electron chi connectivity index (χ0n) is 11.2. The molecule has 1 amide bonds. The van der Waals surface area contributed by atoms with E-state index in [4.69, 9.17) is 4.42 Å². The summed E-state index contributed by atoms with van der Waals surface area (Å²) in [6.07, 6.45) is 1.87. The molecule has 5 nitrogen and oxygen atoms in total. The van der Waals surface area contributed by atoms with E-state index >= 15 is 0 Å². The van der Waals surface area contributed by atoms with Gasteiger partial charge in [0.2, 0.25) is 5.91 Å². The molecule has 2 aromatic rings. The van der Waals surface area contributed by atoms with Crippen molar-refractivity contribution in [2.24, 2.45) is 0 Å². The molecule has 1 saturated heterocycles. The lowest BCUT2D eigenvalue weighted by molar-refractivity contribution is -0.117. The van der Waals surface area contributed by atoms with Crippen LogP contribution in [0.25, 0.3) is 11.0 Å². The Morgan fingerprint density at radius 2 is 2.25 bits per heavy atom. The highest BCUT2D eigenvalue weighted by molar-refractivity contribution is 5.96. The van der Waals surface area contributed by atoms with Gasteiger partial charge in [0.25, 0.3) is 0 Å². The van der Waals surface area contributed by atoms with Crippen LogP contribution in [0.2, 0.25) is 0 Å². The zero-order chi connectivity index (χ0) is 14.1. The first-order valence-corrected chi connectivity index (χ1v) is 6.72. The Balaban J connectivity index is 1.89. The van der Waals surface area contributed by atoms with Crippen LogP contribution in [-0.4, -0.2) is 18.5 Å². The van der Waals surface area contributed by atoms with E-state index in [9.17, 15) is 9.59 Å². The average molecular weight is 272 g/mol. The van der Waals surface area contributed by atoms with Gasteiger partial charge in [0.1, 0.15) is 5.58 Å². The predicted octanol–water partition coefficient (Wildman–Crippen LogP) is 1.79. The van der Waals surface area contributed by atoms with Crippen LogP contribution in [0.1, 0.15) is 18.4 Å². The Hall–Kier alpha value is -2.14. The first-order valence-electron chi connectivity index (χ1n) is 6.72. The molecule has 3 rings (SSSR count). The van der Waals surface area contributed by atoms with Crippen LogP contribution in [0.5, 0.6) is 0 Å². The molecule has 0 bridgehead atoms. The molecular formula is C15H16N2O3. The van der Waals surface area contributed by atoms with Gasteiger partial charge >= 0.3 is 5.63 Å². The van der Waals surface area contributed by atoms with Crippen molar-refractivity contribution in [3.05, 3.63) is 40.2 Å². The summed E-state index contributed by atoms with van der Waals surface area (Å²) in [5, 5.41) is 6.87. The zero-order valence-corrected chi connectivity index (χ0v) is 11.2. The molecule has 1 aliphatic rings. The van der Waals surface area contributed by atoms with E-state index < -0.39 is 0 Å². The summed E-state index contributed by atoms with van der Waals surface area (Å²) in [6, 6.07) is 6.70. The van der Waals surface area contributed by atoms with Gasteiger partial charge in [-0.25, -0.2) is 4.79 Å². The largest absolute Gasteiger partial charge is 0.423 e. The fourth-order valence-electron chi connectivity index (χ4n) is 2.54. The maximum atomic E-state index is 12.0. The molecule has 2 heterocycles. The molecule has 20 heavy (non-hydrogen) atoms. The van der Waals surface area contributed by atoms with E-state index in [1.165, 1.54) is 6.07 Å². The Kier molecular flexibility index (Phi) is 3.28. The molecule has 0 saturated carbocycles. The number of hydrogen-bond acceptors (Lipinski definition) is 4. The average Bonchev–Trinajstić information content (AvgIpc) is 2.91. The maximum absolute atomic E-state index is 12.0. The van der Waals surface area contributed by atoms with E-state index in [0.29, 0.717) is 11.3 Å². The van der Waals surface area contributed by atoms with Crippen LogP contribution in [0.4, 0.5) is 5.69 Å². The Labute approximate surface area is 116 Å². The molecule has 0 spiro atoms. The summed E-state index contributed by atoms with van der Waals surface area (Å²) in [7, 11) is 0. The minimum absolute atomic E-state index is 0.0446. The molecule has 1 aliphatic heterocycles. The molecule has 0 aliphatic carbocycles. The minimum Gasteiger partial charge on any atom is -0.423 e. The second-order valence-electron chi connectivity index (χ2n) is 5.10. The van der Waals surface area contributed by atoms with Crippen LogP contribution < -0.4 is 16.3 Å². The number of nitrogens with one attached hydrogen (secondary N) is 2. The van der Waals surface area contributed by atoms with Gasteiger partial charge in [-0.1, -0.05) is 0 Å². The number of hydrogen-bond donors (Lipinski definition) is 2. The van der Waals surface area contributed by atoms with Gasteiger partial charge in [-0.15, -0.1) is 0 Å². The lowest BCUT2D eigenvalue weighted by Crippen LogP contribution is -2.35. The van der Waals surface area contributed by atoms with Crippen LogP contribution >= 0.6 is 0 Å². The van der Waals surface area contributed by atoms with Gasteiger partial charge in [0.05, 0.1) is 6.04 Å². The van der Waals surface area contributed by atoms with Crippen molar-refractivity contribution >= 4 is 22.6 Å². The third-order valence-corrected chi connectivity index (χ3v) is 3.60. The molecule has 1 atom stereocenters. The number of carbonyl (C=O) groups is 1. The monoisotopic (exact) mass is 272 g/mol. The van der Waals surface area contributed by atoms with Crippen molar-refractivity contribution < 1.29 is 9.21 Å². The normalized spacial score (nSPS) is 18.4. The summed E-state index contributed by atoms with van der Waals surface area (Å²) in [5.41, 5.74) is 1.62. The van der Waals surface area contributed by atoms with E-state index in [0.717, 1.165) is 30.3 Å². The van der Waals surface area contributed by atoms with Crippen molar-refractivity contribution in [2.75, 3.05) is 11.9 Å². The third kappa shape index (κ3) is 2.44. The molecule has 104 valence electrons.